The summed E-state index contributed by atoms with van der Waals surface area (Å²) in [6, 6.07) is 7.45. The summed E-state index contributed by atoms with van der Waals surface area (Å²) in [5, 5.41) is 11.2. The molecule has 0 saturated carbocycles. The first kappa shape index (κ1) is 33.1. The van der Waals surface area contributed by atoms with E-state index in [1.807, 2.05) is 58.0 Å². The molecule has 3 atom stereocenters. The maximum absolute atomic E-state index is 13.3. The minimum Gasteiger partial charge on any atom is -0.370 e. The van der Waals surface area contributed by atoms with Crippen molar-refractivity contribution in [2.75, 3.05) is 13.1 Å². The first-order valence-corrected chi connectivity index (χ1v) is 13.3. The number of nitrogens with two attached hydrogens (primary N) is 2. The summed E-state index contributed by atoms with van der Waals surface area (Å²) < 4.78 is 0. The minimum absolute atomic E-state index is 0.0189. The normalized spacial score (nSPS) is 13.4. The second-order valence-corrected chi connectivity index (χ2v) is 10.2. The number of guanidine groups is 1. The molecule has 39 heavy (non-hydrogen) atoms. The quantitative estimate of drug-likeness (QED) is 0.0784. The van der Waals surface area contributed by atoms with E-state index >= 15 is 0 Å². The summed E-state index contributed by atoms with van der Waals surface area (Å²) in [7, 11) is 0. The van der Waals surface area contributed by atoms with Gasteiger partial charge in [0.2, 0.25) is 23.6 Å². The largest absolute Gasteiger partial charge is 0.370 e. The average Bonchev–Trinajstić information content (AvgIpc) is 2.86. The number of benzene rings is 1. The van der Waals surface area contributed by atoms with Crippen LogP contribution in [0, 0.1) is 11.8 Å². The zero-order valence-corrected chi connectivity index (χ0v) is 23.7. The lowest BCUT2D eigenvalue weighted by Crippen LogP contribution is -2.56. The van der Waals surface area contributed by atoms with Gasteiger partial charge in [0.1, 0.15) is 12.1 Å². The standard InChI is InChI=1S/C28H45N7O4/c1-18(2)16-23(34-26(38)22(33-20(5)36)12-9-15-31-28(29)30)27(39)35-24(19(3)4)17-32-25(37)14-13-21-10-7-6-8-11-21/h6-8,10-11,13-14,18-19,22-24H,9,12,15-17H2,1-5H3,(H,32,37)(H,33,36)(H,34,38)(H,35,39)(H4,29,30,31)/t22-,23-,24+/m0/s1. The smallest absolute Gasteiger partial charge is 0.244 e. The van der Waals surface area contributed by atoms with Crippen LogP contribution in [0.25, 0.3) is 6.08 Å². The molecule has 0 aromatic heterocycles. The molecule has 8 N–H and O–H groups in total. The second kappa shape index (κ2) is 17.6. The number of amides is 4. The van der Waals surface area contributed by atoms with Gasteiger partial charge >= 0.3 is 0 Å². The molecule has 4 amide bonds. The molecule has 0 aliphatic carbocycles. The van der Waals surface area contributed by atoms with Gasteiger partial charge in [-0.2, -0.15) is 0 Å². The molecular formula is C28H45N7O4. The van der Waals surface area contributed by atoms with E-state index in [4.69, 9.17) is 11.5 Å². The van der Waals surface area contributed by atoms with Crippen molar-refractivity contribution in [2.24, 2.45) is 28.3 Å². The number of nitrogens with zero attached hydrogens (tertiary/aromatic N) is 1. The fourth-order valence-corrected chi connectivity index (χ4v) is 3.74. The van der Waals surface area contributed by atoms with Crippen LogP contribution in [0.5, 0.6) is 0 Å². The van der Waals surface area contributed by atoms with Gasteiger partial charge in [-0.05, 0) is 42.7 Å². The van der Waals surface area contributed by atoms with Crippen molar-refractivity contribution < 1.29 is 19.2 Å². The van der Waals surface area contributed by atoms with Crippen molar-refractivity contribution >= 4 is 35.7 Å². The van der Waals surface area contributed by atoms with Gasteiger partial charge in [0, 0.05) is 32.1 Å². The molecule has 0 bridgehead atoms. The van der Waals surface area contributed by atoms with Crippen molar-refractivity contribution in [1.29, 1.82) is 0 Å². The highest BCUT2D eigenvalue weighted by Crippen LogP contribution is 2.09. The predicted molar refractivity (Wildman–Crippen MR) is 154 cm³/mol. The summed E-state index contributed by atoms with van der Waals surface area (Å²) in [5.41, 5.74) is 11.6. The molecular weight excluding hydrogens is 498 g/mol. The number of aliphatic imine (C=N–C) groups is 1. The van der Waals surface area contributed by atoms with E-state index < -0.39 is 18.0 Å². The third kappa shape index (κ3) is 14.6. The SMILES string of the molecule is CC(=O)N[C@@H](CCCN=C(N)N)C(=O)N[C@@H](CC(C)C)C(=O)N[C@H](CNC(=O)C=Cc1ccccc1)C(C)C. The van der Waals surface area contributed by atoms with E-state index in [9.17, 15) is 19.2 Å². The van der Waals surface area contributed by atoms with E-state index in [-0.39, 0.29) is 48.1 Å². The fourth-order valence-electron chi connectivity index (χ4n) is 3.74. The van der Waals surface area contributed by atoms with E-state index in [0.29, 0.717) is 25.8 Å². The molecule has 1 aromatic carbocycles. The van der Waals surface area contributed by atoms with E-state index in [1.165, 1.54) is 13.0 Å². The highest BCUT2D eigenvalue weighted by molar-refractivity contribution is 5.92. The zero-order chi connectivity index (χ0) is 29.4. The number of nitrogens with one attached hydrogen (secondary N) is 4. The Morgan fingerprint density at radius 2 is 1.56 bits per heavy atom. The lowest BCUT2D eigenvalue weighted by atomic mass is 9.99. The average molecular weight is 544 g/mol. The summed E-state index contributed by atoms with van der Waals surface area (Å²) in [6.07, 6.45) is 4.33. The van der Waals surface area contributed by atoms with Gasteiger partial charge in [-0.25, -0.2) is 0 Å². The molecule has 0 heterocycles. The van der Waals surface area contributed by atoms with Crippen LogP contribution >= 0.6 is 0 Å². The Hall–Kier alpha value is -3.89. The van der Waals surface area contributed by atoms with Crippen LogP contribution in [0.4, 0.5) is 0 Å². The third-order valence-electron chi connectivity index (χ3n) is 5.83. The summed E-state index contributed by atoms with van der Waals surface area (Å²) in [5.74, 6) is -1.37. The van der Waals surface area contributed by atoms with Crippen molar-refractivity contribution in [2.45, 2.75) is 72.0 Å². The Morgan fingerprint density at radius 3 is 2.13 bits per heavy atom. The van der Waals surface area contributed by atoms with Gasteiger partial charge in [0.15, 0.2) is 5.96 Å². The molecule has 0 aliphatic rings. The molecule has 11 nitrogen and oxygen atoms in total. The Morgan fingerprint density at radius 1 is 0.923 bits per heavy atom. The number of carbonyl (C=O) groups excluding carboxylic acids is 4. The first-order chi connectivity index (χ1) is 18.4. The molecule has 1 aromatic rings. The summed E-state index contributed by atoms with van der Waals surface area (Å²) in [6.45, 7) is 9.64. The van der Waals surface area contributed by atoms with Gasteiger partial charge in [-0.15, -0.1) is 0 Å². The Balaban J connectivity index is 2.84. The fraction of sp³-hybridized carbons (Fsp3) is 0.536. The molecule has 0 radical (unpaired) electrons. The van der Waals surface area contributed by atoms with Crippen molar-refractivity contribution in [3.8, 4) is 0 Å². The number of rotatable bonds is 16. The van der Waals surface area contributed by atoms with Gasteiger partial charge in [-0.3, -0.25) is 24.2 Å². The second-order valence-electron chi connectivity index (χ2n) is 10.2. The predicted octanol–water partition coefficient (Wildman–Crippen LogP) is 1.05. The molecule has 1 rings (SSSR count). The van der Waals surface area contributed by atoms with Gasteiger partial charge in [-0.1, -0.05) is 58.0 Å². The Bertz CT molecular complexity index is 989. The minimum atomic E-state index is -0.837. The van der Waals surface area contributed by atoms with E-state index in [1.54, 1.807) is 6.08 Å². The van der Waals surface area contributed by atoms with Crippen molar-refractivity contribution in [3.05, 3.63) is 42.0 Å². The molecule has 0 unspecified atom stereocenters. The lowest BCUT2D eigenvalue weighted by Gasteiger charge is -2.28. The first-order valence-electron chi connectivity index (χ1n) is 13.3. The molecule has 0 spiro atoms. The number of hydrogen-bond acceptors (Lipinski definition) is 5. The molecule has 0 saturated heterocycles. The Kier molecular flexibility index (Phi) is 14.9. The van der Waals surface area contributed by atoms with Crippen LogP contribution in [0.1, 0.15) is 59.4 Å². The van der Waals surface area contributed by atoms with Crippen LogP contribution in [-0.2, 0) is 19.2 Å². The van der Waals surface area contributed by atoms with Gasteiger partial charge in [0.05, 0.1) is 0 Å². The third-order valence-corrected chi connectivity index (χ3v) is 5.83. The molecule has 216 valence electrons. The van der Waals surface area contributed by atoms with Crippen LogP contribution in [-0.4, -0.2) is 60.8 Å². The highest BCUT2D eigenvalue weighted by atomic mass is 16.2. The van der Waals surface area contributed by atoms with Crippen molar-refractivity contribution in [3.63, 3.8) is 0 Å². The molecule has 0 fully saturated rings. The lowest BCUT2D eigenvalue weighted by molar-refractivity contribution is -0.132. The highest BCUT2D eigenvalue weighted by Gasteiger charge is 2.28. The maximum Gasteiger partial charge on any atom is 0.244 e. The summed E-state index contributed by atoms with van der Waals surface area (Å²) in [4.78, 5) is 54.3. The van der Waals surface area contributed by atoms with E-state index in [2.05, 4.69) is 26.3 Å². The zero-order valence-electron chi connectivity index (χ0n) is 23.7. The number of carbonyl (C=O) groups is 4. The monoisotopic (exact) mass is 543 g/mol. The van der Waals surface area contributed by atoms with Gasteiger partial charge < -0.3 is 32.7 Å². The maximum atomic E-state index is 13.3. The van der Waals surface area contributed by atoms with Gasteiger partial charge in [0.25, 0.3) is 0 Å². The van der Waals surface area contributed by atoms with Crippen LogP contribution < -0.4 is 32.7 Å². The molecule has 11 heteroatoms. The van der Waals surface area contributed by atoms with Crippen molar-refractivity contribution in [1.82, 2.24) is 21.3 Å². The topological polar surface area (TPSA) is 181 Å². The molecule has 0 aliphatic heterocycles. The van der Waals surface area contributed by atoms with Crippen LogP contribution in [0.3, 0.4) is 0 Å². The Labute approximate surface area is 231 Å². The number of hydrogen-bond donors (Lipinski definition) is 6. The van der Waals surface area contributed by atoms with E-state index in [0.717, 1.165) is 5.56 Å². The van der Waals surface area contributed by atoms with Crippen LogP contribution in [0.2, 0.25) is 0 Å². The van der Waals surface area contributed by atoms with Crippen LogP contribution in [0.15, 0.2) is 41.4 Å². The summed E-state index contributed by atoms with van der Waals surface area (Å²) >= 11 is 0.